The molecule has 0 aliphatic carbocycles. The standard InChI is InChI=1S/C7H8ClNOS/c1-4(2)6(10)5-3-9-7(8)11-5/h3-4H,1-2H3. The Kier molecular flexibility index (Phi) is 2.62. The van der Waals surface area contributed by atoms with Crippen molar-refractivity contribution in [1.29, 1.82) is 0 Å². The number of Topliss-reactive ketones (excluding diaryl/α,β-unsaturated/α-hetero) is 1. The van der Waals surface area contributed by atoms with Crippen molar-refractivity contribution in [3.05, 3.63) is 15.5 Å². The summed E-state index contributed by atoms with van der Waals surface area (Å²) in [6.07, 6.45) is 1.52. The summed E-state index contributed by atoms with van der Waals surface area (Å²) < 4.78 is 0.425. The Morgan fingerprint density at radius 3 is 2.73 bits per heavy atom. The van der Waals surface area contributed by atoms with E-state index in [2.05, 4.69) is 4.98 Å². The molecular formula is C7H8ClNOS. The Hall–Kier alpha value is -0.410. The van der Waals surface area contributed by atoms with Crippen molar-refractivity contribution in [3.8, 4) is 0 Å². The van der Waals surface area contributed by atoms with E-state index in [4.69, 9.17) is 11.6 Å². The van der Waals surface area contributed by atoms with E-state index in [-0.39, 0.29) is 11.7 Å². The summed E-state index contributed by atoms with van der Waals surface area (Å²) >= 11 is 6.79. The highest BCUT2D eigenvalue weighted by molar-refractivity contribution is 7.17. The largest absolute Gasteiger partial charge is 0.293 e. The first-order valence-electron chi connectivity index (χ1n) is 3.27. The number of aromatic nitrogens is 1. The molecule has 11 heavy (non-hydrogen) atoms. The summed E-state index contributed by atoms with van der Waals surface area (Å²) in [4.78, 5) is 15.7. The lowest BCUT2D eigenvalue weighted by molar-refractivity contribution is 0.0943. The number of thiazole rings is 1. The van der Waals surface area contributed by atoms with Gasteiger partial charge in [0.2, 0.25) is 0 Å². The number of hydrogen-bond donors (Lipinski definition) is 0. The quantitative estimate of drug-likeness (QED) is 0.670. The third-order valence-electron chi connectivity index (χ3n) is 1.24. The zero-order valence-electron chi connectivity index (χ0n) is 6.30. The van der Waals surface area contributed by atoms with E-state index in [1.165, 1.54) is 17.5 Å². The van der Waals surface area contributed by atoms with Crippen LogP contribution < -0.4 is 0 Å². The van der Waals surface area contributed by atoms with Crippen molar-refractivity contribution < 1.29 is 4.79 Å². The van der Waals surface area contributed by atoms with Gasteiger partial charge >= 0.3 is 0 Å². The maximum Gasteiger partial charge on any atom is 0.184 e. The van der Waals surface area contributed by atoms with Crippen LogP contribution in [0.4, 0.5) is 0 Å². The molecule has 0 N–H and O–H groups in total. The van der Waals surface area contributed by atoms with Crippen LogP contribution in [0.25, 0.3) is 0 Å². The molecule has 1 aromatic heterocycles. The van der Waals surface area contributed by atoms with E-state index in [9.17, 15) is 4.79 Å². The van der Waals surface area contributed by atoms with Gasteiger partial charge in [-0.15, -0.1) is 0 Å². The minimum absolute atomic E-state index is 0.0199. The molecule has 4 heteroatoms. The van der Waals surface area contributed by atoms with Crippen LogP contribution in [0.15, 0.2) is 6.20 Å². The summed E-state index contributed by atoms with van der Waals surface area (Å²) in [5.74, 6) is 0.126. The van der Waals surface area contributed by atoms with Crippen LogP contribution >= 0.6 is 22.9 Å². The molecule has 0 aliphatic rings. The SMILES string of the molecule is CC(C)C(=O)c1cnc(Cl)s1. The monoisotopic (exact) mass is 189 g/mol. The van der Waals surface area contributed by atoms with Gasteiger partial charge in [-0.3, -0.25) is 4.79 Å². The maximum atomic E-state index is 11.3. The Labute approximate surface area is 74.2 Å². The lowest BCUT2D eigenvalue weighted by atomic mass is 10.1. The molecule has 2 nitrogen and oxygen atoms in total. The minimum atomic E-state index is 0.0199. The van der Waals surface area contributed by atoms with Gasteiger partial charge in [0.1, 0.15) is 0 Å². The molecule has 0 radical (unpaired) electrons. The van der Waals surface area contributed by atoms with Crippen LogP contribution in [0, 0.1) is 5.92 Å². The van der Waals surface area contributed by atoms with Gasteiger partial charge < -0.3 is 0 Å². The van der Waals surface area contributed by atoms with Crippen molar-refractivity contribution in [2.45, 2.75) is 13.8 Å². The highest BCUT2D eigenvalue weighted by atomic mass is 35.5. The van der Waals surface area contributed by atoms with E-state index < -0.39 is 0 Å². The van der Waals surface area contributed by atoms with Gasteiger partial charge in [-0.1, -0.05) is 36.8 Å². The first kappa shape index (κ1) is 8.68. The molecule has 1 aromatic rings. The third-order valence-corrected chi connectivity index (χ3v) is 2.37. The predicted octanol–water partition coefficient (Wildman–Crippen LogP) is 2.64. The molecule has 0 aliphatic heterocycles. The second-order valence-corrected chi connectivity index (χ2v) is 4.11. The lowest BCUT2D eigenvalue weighted by Crippen LogP contribution is -2.04. The molecular weight excluding hydrogens is 182 g/mol. The highest BCUT2D eigenvalue weighted by Gasteiger charge is 2.12. The van der Waals surface area contributed by atoms with Gasteiger partial charge in [-0.25, -0.2) is 4.98 Å². The first-order chi connectivity index (χ1) is 5.11. The maximum absolute atomic E-state index is 11.3. The van der Waals surface area contributed by atoms with Gasteiger partial charge in [0, 0.05) is 5.92 Å². The number of carbonyl (C=O) groups excluding carboxylic acids is 1. The number of rotatable bonds is 2. The normalized spacial score (nSPS) is 10.5. The summed E-state index contributed by atoms with van der Waals surface area (Å²) in [5, 5.41) is 0. The molecule has 1 rings (SSSR count). The van der Waals surface area contributed by atoms with Gasteiger partial charge in [-0.2, -0.15) is 0 Å². The molecule has 0 fully saturated rings. The van der Waals surface area contributed by atoms with Gasteiger partial charge in [-0.05, 0) is 0 Å². The van der Waals surface area contributed by atoms with Crippen LogP contribution in [0.3, 0.4) is 0 Å². The fraction of sp³-hybridized carbons (Fsp3) is 0.429. The van der Waals surface area contributed by atoms with E-state index in [1.54, 1.807) is 0 Å². The van der Waals surface area contributed by atoms with Crippen molar-refractivity contribution in [3.63, 3.8) is 0 Å². The second kappa shape index (κ2) is 3.32. The van der Waals surface area contributed by atoms with Crippen LogP contribution in [0.2, 0.25) is 4.47 Å². The minimum Gasteiger partial charge on any atom is -0.293 e. The summed E-state index contributed by atoms with van der Waals surface area (Å²) in [5.41, 5.74) is 0. The van der Waals surface area contributed by atoms with E-state index in [1.807, 2.05) is 13.8 Å². The zero-order chi connectivity index (χ0) is 8.43. The highest BCUT2D eigenvalue weighted by Crippen LogP contribution is 2.20. The lowest BCUT2D eigenvalue weighted by Gasteiger charge is -1.97. The first-order valence-corrected chi connectivity index (χ1v) is 4.46. The zero-order valence-corrected chi connectivity index (χ0v) is 7.87. The second-order valence-electron chi connectivity index (χ2n) is 2.50. The Bertz CT molecular complexity index is 269. The molecule has 60 valence electrons. The Balaban J connectivity index is 2.85. The molecule has 0 amide bonds. The molecule has 0 spiro atoms. The molecule has 0 aromatic carbocycles. The summed E-state index contributed by atoms with van der Waals surface area (Å²) in [6.45, 7) is 3.71. The number of carbonyl (C=O) groups is 1. The van der Waals surface area contributed by atoms with E-state index in [0.717, 1.165) is 0 Å². The van der Waals surface area contributed by atoms with Crippen LogP contribution in [0.1, 0.15) is 23.5 Å². The molecule has 0 unspecified atom stereocenters. The smallest absolute Gasteiger partial charge is 0.184 e. The molecule has 1 heterocycles. The average Bonchev–Trinajstić information content (AvgIpc) is 2.34. The van der Waals surface area contributed by atoms with Crippen molar-refractivity contribution in [2.24, 2.45) is 5.92 Å². The van der Waals surface area contributed by atoms with E-state index >= 15 is 0 Å². The average molecular weight is 190 g/mol. The molecule has 0 bridgehead atoms. The number of hydrogen-bond acceptors (Lipinski definition) is 3. The predicted molar refractivity (Wildman–Crippen MR) is 46.3 cm³/mol. The molecule has 0 saturated carbocycles. The summed E-state index contributed by atoms with van der Waals surface area (Å²) in [6, 6.07) is 0. The van der Waals surface area contributed by atoms with Gasteiger partial charge in [0.05, 0.1) is 11.1 Å². The fourth-order valence-corrected chi connectivity index (χ4v) is 1.68. The van der Waals surface area contributed by atoms with E-state index in [0.29, 0.717) is 9.34 Å². The number of halogens is 1. The Morgan fingerprint density at radius 1 is 1.73 bits per heavy atom. The van der Waals surface area contributed by atoms with Crippen molar-refractivity contribution in [1.82, 2.24) is 4.98 Å². The van der Waals surface area contributed by atoms with Gasteiger partial charge in [0.25, 0.3) is 0 Å². The van der Waals surface area contributed by atoms with Gasteiger partial charge in [0.15, 0.2) is 10.3 Å². The van der Waals surface area contributed by atoms with Crippen molar-refractivity contribution in [2.75, 3.05) is 0 Å². The van der Waals surface area contributed by atoms with Crippen LogP contribution in [0.5, 0.6) is 0 Å². The van der Waals surface area contributed by atoms with Crippen molar-refractivity contribution >= 4 is 28.7 Å². The van der Waals surface area contributed by atoms with Crippen LogP contribution in [-0.4, -0.2) is 10.8 Å². The fourth-order valence-electron chi connectivity index (χ4n) is 0.651. The molecule has 0 atom stereocenters. The topological polar surface area (TPSA) is 30.0 Å². The number of nitrogens with zero attached hydrogens (tertiary/aromatic N) is 1. The summed E-state index contributed by atoms with van der Waals surface area (Å²) in [7, 11) is 0. The Morgan fingerprint density at radius 2 is 2.36 bits per heavy atom. The molecule has 0 saturated heterocycles. The number of ketones is 1. The third kappa shape index (κ3) is 2.01. The van der Waals surface area contributed by atoms with Crippen LogP contribution in [-0.2, 0) is 0 Å².